The second kappa shape index (κ2) is 48.8. The third kappa shape index (κ3) is 44.2. The van der Waals surface area contributed by atoms with Crippen LogP contribution >= 0.6 is 0 Å². The van der Waals surface area contributed by atoms with Gasteiger partial charge >= 0.3 is 5.97 Å². The van der Waals surface area contributed by atoms with Gasteiger partial charge < -0.3 is 20.3 Å². The first-order chi connectivity index (χ1) is 30.0. The number of unbranched alkanes of at least 4 members (excludes halogenated alkanes) is 30. The van der Waals surface area contributed by atoms with E-state index in [-0.39, 0.29) is 24.9 Å². The van der Waals surface area contributed by atoms with Crippen LogP contribution in [0.3, 0.4) is 0 Å². The Hall–Kier alpha value is -2.18. The molecular weight excluding hydrogens is 755 g/mol. The predicted molar refractivity (Wildman–Crippen MR) is 264 cm³/mol. The standard InChI is InChI=1S/C55H101NO5/c1-4-7-10-13-16-19-22-25-26-27-28-30-33-36-39-42-45-48-55(60)61-51(46-43-40-37-34-31-29-23-20-17-14-11-8-5-2)49-54(59)56-52(50-57)53(58)47-44-41-38-35-32-24-21-18-15-12-9-6-3/h8,11,14,17,20,23,29,31,51-53,57-58H,4-7,9-10,12-13,15-16,18-19,21-22,24-28,30,32-50H2,1-3H3,(H,56,59)/b11-8+,17-14+,23-20+,31-29-. The normalized spacial score (nSPS) is 13.6. The van der Waals surface area contributed by atoms with E-state index < -0.39 is 18.2 Å². The maximum absolute atomic E-state index is 13.2. The highest BCUT2D eigenvalue weighted by atomic mass is 16.5. The van der Waals surface area contributed by atoms with E-state index in [1.165, 1.54) is 148 Å². The summed E-state index contributed by atoms with van der Waals surface area (Å²) in [6.07, 6.45) is 58.9. The number of aliphatic hydroxyl groups is 2. The first kappa shape index (κ1) is 58.8. The largest absolute Gasteiger partial charge is 0.462 e. The second-order valence-electron chi connectivity index (χ2n) is 18.0. The van der Waals surface area contributed by atoms with E-state index >= 15 is 0 Å². The number of hydrogen-bond donors (Lipinski definition) is 3. The highest BCUT2D eigenvalue weighted by molar-refractivity contribution is 5.77. The molecule has 3 N–H and O–H groups in total. The van der Waals surface area contributed by atoms with Gasteiger partial charge in [0, 0.05) is 6.42 Å². The number of hydrogen-bond acceptors (Lipinski definition) is 5. The Bertz CT molecular complexity index is 1050. The Morgan fingerprint density at radius 2 is 0.885 bits per heavy atom. The highest BCUT2D eigenvalue weighted by Gasteiger charge is 2.24. The summed E-state index contributed by atoms with van der Waals surface area (Å²) in [7, 11) is 0. The van der Waals surface area contributed by atoms with Gasteiger partial charge in [-0.2, -0.15) is 0 Å². The molecule has 0 aliphatic carbocycles. The van der Waals surface area contributed by atoms with E-state index in [0.717, 1.165) is 70.6 Å². The van der Waals surface area contributed by atoms with Gasteiger partial charge in [0.1, 0.15) is 6.10 Å². The van der Waals surface area contributed by atoms with Gasteiger partial charge in [-0.1, -0.05) is 256 Å². The number of ether oxygens (including phenoxy) is 1. The zero-order chi connectivity index (χ0) is 44.5. The zero-order valence-electron chi connectivity index (χ0n) is 40.5. The number of carbonyl (C=O) groups is 2. The van der Waals surface area contributed by atoms with Crippen molar-refractivity contribution in [2.75, 3.05) is 6.61 Å². The summed E-state index contributed by atoms with van der Waals surface area (Å²) in [6, 6.07) is -0.712. The van der Waals surface area contributed by atoms with Crippen LogP contribution in [0.5, 0.6) is 0 Å². The number of rotatable bonds is 47. The molecule has 0 aromatic rings. The summed E-state index contributed by atoms with van der Waals surface area (Å²) in [6.45, 7) is 6.35. The van der Waals surface area contributed by atoms with Crippen molar-refractivity contribution in [3.8, 4) is 0 Å². The van der Waals surface area contributed by atoms with Crippen molar-refractivity contribution in [3.63, 3.8) is 0 Å². The van der Waals surface area contributed by atoms with Crippen LogP contribution in [0, 0.1) is 0 Å². The smallest absolute Gasteiger partial charge is 0.306 e. The van der Waals surface area contributed by atoms with Crippen molar-refractivity contribution < 1.29 is 24.5 Å². The molecule has 0 fully saturated rings. The topological polar surface area (TPSA) is 95.9 Å². The first-order valence-corrected chi connectivity index (χ1v) is 26.4. The quantitative estimate of drug-likeness (QED) is 0.0322. The van der Waals surface area contributed by atoms with Crippen molar-refractivity contribution in [2.45, 2.75) is 283 Å². The monoisotopic (exact) mass is 856 g/mol. The van der Waals surface area contributed by atoms with E-state index in [9.17, 15) is 19.8 Å². The molecule has 0 saturated carbocycles. The van der Waals surface area contributed by atoms with E-state index in [2.05, 4.69) is 50.4 Å². The Kier molecular flexibility index (Phi) is 47.1. The van der Waals surface area contributed by atoms with Gasteiger partial charge in [-0.25, -0.2) is 0 Å². The minimum absolute atomic E-state index is 0.0538. The molecule has 0 heterocycles. The minimum atomic E-state index is -0.797. The number of carbonyl (C=O) groups excluding carboxylic acids is 2. The molecule has 3 atom stereocenters. The average molecular weight is 856 g/mol. The van der Waals surface area contributed by atoms with Crippen LogP contribution < -0.4 is 5.32 Å². The lowest BCUT2D eigenvalue weighted by atomic mass is 10.0. The van der Waals surface area contributed by atoms with Gasteiger partial charge in [-0.3, -0.25) is 9.59 Å². The average Bonchev–Trinajstić information content (AvgIpc) is 3.25. The third-order valence-corrected chi connectivity index (χ3v) is 12.0. The van der Waals surface area contributed by atoms with E-state index in [0.29, 0.717) is 19.3 Å². The van der Waals surface area contributed by atoms with Crippen LogP contribution in [0.2, 0.25) is 0 Å². The van der Waals surface area contributed by atoms with Crippen molar-refractivity contribution in [1.29, 1.82) is 0 Å². The molecule has 0 radical (unpaired) electrons. The van der Waals surface area contributed by atoms with Crippen molar-refractivity contribution in [3.05, 3.63) is 48.6 Å². The minimum Gasteiger partial charge on any atom is -0.462 e. The molecule has 0 aliphatic rings. The van der Waals surface area contributed by atoms with Gasteiger partial charge in [-0.15, -0.1) is 0 Å². The summed E-state index contributed by atoms with van der Waals surface area (Å²) in [5.74, 6) is -0.504. The summed E-state index contributed by atoms with van der Waals surface area (Å²) in [5, 5.41) is 23.7. The summed E-state index contributed by atoms with van der Waals surface area (Å²) in [4.78, 5) is 26.1. The molecule has 1 amide bonds. The van der Waals surface area contributed by atoms with Crippen molar-refractivity contribution >= 4 is 11.9 Å². The molecule has 0 saturated heterocycles. The Labute approximate surface area is 378 Å². The fraction of sp³-hybridized carbons (Fsp3) is 0.818. The van der Waals surface area contributed by atoms with Gasteiger partial charge in [0.25, 0.3) is 0 Å². The fourth-order valence-electron chi connectivity index (χ4n) is 8.03. The molecule has 3 unspecified atom stereocenters. The fourth-order valence-corrected chi connectivity index (χ4v) is 8.03. The zero-order valence-corrected chi connectivity index (χ0v) is 40.5. The van der Waals surface area contributed by atoms with Crippen LogP contribution in [0.15, 0.2) is 48.6 Å². The molecule has 0 aromatic carbocycles. The molecule has 0 aromatic heterocycles. The molecule has 0 bridgehead atoms. The van der Waals surface area contributed by atoms with Crippen LogP contribution in [0.1, 0.15) is 265 Å². The summed E-state index contributed by atoms with van der Waals surface area (Å²) < 4.78 is 5.92. The molecule has 0 aliphatic heterocycles. The van der Waals surface area contributed by atoms with Crippen LogP contribution in [0.25, 0.3) is 0 Å². The number of aliphatic hydroxyl groups excluding tert-OH is 2. The molecule has 356 valence electrons. The number of esters is 1. The summed E-state index contributed by atoms with van der Waals surface area (Å²) in [5.41, 5.74) is 0. The SMILES string of the molecule is CC/C=C/C=C/C=C/C=C\CCCCCC(CC(=O)NC(CO)C(O)CCCCCCCCCCCCCC)OC(=O)CCCCCCCCCCCCCCCCCCC. The lowest BCUT2D eigenvalue weighted by Crippen LogP contribution is -2.46. The van der Waals surface area contributed by atoms with Gasteiger partial charge in [-0.05, 0) is 44.9 Å². The highest BCUT2D eigenvalue weighted by Crippen LogP contribution is 2.18. The Morgan fingerprint density at radius 3 is 1.34 bits per heavy atom. The maximum atomic E-state index is 13.2. The molecular formula is C55H101NO5. The predicted octanol–water partition coefficient (Wildman–Crippen LogP) is 15.8. The first-order valence-electron chi connectivity index (χ1n) is 26.4. The van der Waals surface area contributed by atoms with Gasteiger partial charge in [0.15, 0.2) is 0 Å². The van der Waals surface area contributed by atoms with Crippen LogP contribution in [0.4, 0.5) is 0 Å². The molecule has 0 spiro atoms. The number of nitrogens with one attached hydrogen (secondary N) is 1. The van der Waals surface area contributed by atoms with Crippen LogP contribution in [-0.4, -0.2) is 46.9 Å². The lowest BCUT2D eigenvalue weighted by Gasteiger charge is -2.24. The van der Waals surface area contributed by atoms with E-state index in [1.807, 2.05) is 24.3 Å². The Balaban J connectivity index is 4.57. The van der Waals surface area contributed by atoms with Crippen LogP contribution in [-0.2, 0) is 14.3 Å². The lowest BCUT2D eigenvalue weighted by molar-refractivity contribution is -0.151. The summed E-state index contributed by atoms with van der Waals surface area (Å²) >= 11 is 0. The van der Waals surface area contributed by atoms with Crippen molar-refractivity contribution in [2.24, 2.45) is 0 Å². The second-order valence-corrected chi connectivity index (χ2v) is 18.0. The van der Waals surface area contributed by atoms with Crippen molar-refractivity contribution in [1.82, 2.24) is 5.32 Å². The molecule has 61 heavy (non-hydrogen) atoms. The molecule has 6 heteroatoms. The number of amides is 1. The molecule has 6 nitrogen and oxygen atoms in total. The van der Waals surface area contributed by atoms with Gasteiger partial charge in [0.05, 0.1) is 25.2 Å². The van der Waals surface area contributed by atoms with E-state index in [4.69, 9.17) is 4.74 Å². The van der Waals surface area contributed by atoms with Gasteiger partial charge in [0.2, 0.25) is 5.91 Å². The third-order valence-electron chi connectivity index (χ3n) is 12.0. The molecule has 0 rings (SSSR count). The number of allylic oxidation sites excluding steroid dienone is 8. The maximum Gasteiger partial charge on any atom is 0.306 e. The Morgan fingerprint density at radius 1 is 0.492 bits per heavy atom. The van der Waals surface area contributed by atoms with E-state index in [1.54, 1.807) is 0 Å².